The summed E-state index contributed by atoms with van der Waals surface area (Å²) in [4.78, 5) is 42.8. The zero-order valence-electron chi connectivity index (χ0n) is 20.3. The second kappa shape index (κ2) is 10.8. The number of aromatic nitrogens is 3. The van der Waals surface area contributed by atoms with Crippen LogP contribution in [0.4, 0.5) is 5.82 Å². The standard InChI is InChI=1S/C27H26N4O5/c1-4-36-27(34)20-16-28-31(24-13-10-18-7-5-6-8-21(18)29-24)26(20)30-25(33)14-11-22(32)19-15-17(2)9-12-23(19)35-3/h5-10,12-13,15-16H,4,11,14H2,1-3H3,(H,30,33). The molecule has 0 aliphatic carbocycles. The number of fused-ring (bicyclic) bond motifs is 1. The SMILES string of the molecule is CCOC(=O)c1cnn(-c2ccc3ccccc3n2)c1NC(=O)CCC(=O)c1cc(C)ccc1OC. The van der Waals surface area contributed by atoms with E-state index in [4.69, 9.17) is 9.47 Å². The molecule has 2 aromatic carbocycles. The Bertz CT molecular complexity index is 1440. The number of anilines is 1. The number of Topliss-reactive ketones (excluding diaryl/α,β-unsaturated/α-hetero) is 1. The first-order chi connectivity index (χ1) is 17.4. The fraction of sp³-hybridized carbons (Fsp3) is 0.222. The molecule has 0 spiro atoms. The van der Waals surface area contributed by atoms with Gasteiger partial charge in [0, 0.05) is 18.2 Å². The van der Waals surface area contributed by atoms with Crippen LogP contribution in [-0.2, 0) is 9.53 Å². The first-order valence-electron chi connectivity index (χ1n) is 11.5. The molecule has 0 aliphatic heterocycles. The van der Waals surface area contributed by atoms with Crippen molar-refractivity contribution in [2.24, 2.45) is 0 Å². The first kappa shape index (κ1) is 24.6. The number of pyridine rings is 1. The molecule has 4 aromatic rings. The summed E-state index contributed by atoms with van der Waals surface area (Å²) in [6.07, 6.45) is 1.19. The molecule has 1 N–H and O–H groups in total. The molecule has 0 bridgehead atoms. The predicted molar refractivity (Wildman–Crippen MR) is 135 cm³/mol. The van der Waals surface area contributed by atoms with Crippen LogP contribution in [0.15, 0.2) is 60.8 Å². The normalized spacial score (nSPS) is 10.8. The number of rotatable bonds is 9. The Morgan fingerprint density at radius 1 is 1.00 bits per heavy atom. The Labute approximate surface area is 208 Å². The molecule has 2 aromatic heterocycles. The van der Waals surface area contributed by atoms with Crippen LogP contribution < -0.4 is 10.1 Å². The fourth-order valence-corrected chi connectivity index (χ4v) is 3.77. The molecule has 4 rings (SSSR count). The van der Waals surface area contributed by atoms with Crippen molar-refractivity contribution >= 4 is 34.4 Å². The minimum atomic E-state index is -0.625. The van der Waals surface area contributed by atoms with E-state index in [2.05, 4.69) is 15.4 Å². The van der Waals surface area contributed by atoms with Gasteiger partial charge in [-0.1, -0.05) is 29.8 Å². The van der Waals surface area contributed by atoms with E-state index in [0.717, 1.165) is 16.5 Å². The lowest BCUT2D eigenvalue weighted by atomic mass is 10.0. The minimum absolute atomic E-state index is 0.0389. The largest absolute Gasteiger partial charge is 0.496 e. The van der Waals surface area contributed by atoms with Crippen molar-refractivity contribution in [1.82, 2.24) is 14.8 Å². The van der Waals surface area contributed by atoms with Crippen LogP contribution in [0.3, 0.4) is 0 Å². The van der Waals surface area contributed by atoms with Crippen LogP contribution >= 0.6 is 0 Å². The van der Waals surface area contributed by atoms with Crippen LogP contribution in [0.25, 0.3) is 16.7 Å². The van der Waals surface area contributed by atoms with Gasteiger partial charge in [-0.3, -0.25) is 9.59 Å². The lowest BCUT2D eigenvalue weighted by molar-refractivity contribution is -0.116. The van der Waals surface area contributed by atoms with Gasteiger partial charge in [-0.2, -0.15) is 9.78 Å². The molecule has 9 nitrogen and oxygen atoms in total. The number of aryl methyl sites for hydroxylation is 1. The van der Waals surface area contributed by atoms with Gasteiger partial charge in [0.25, 0.3) is 0 Å². The average molecular weight is 487 g/mol. The van der Waals surface area contributed by atoms with E-state index in [1.807, 2.05) is 43.3 Å². The number of nitrogens with one attached hydrogen (secondary N) is 1. The Morgan fingerprint density at radius 3 is 2.58 bits per heavy atom. The lowest BCUT2D eigenvalue weighted by Gasteiger charge is -2.12. The minimum Gasteiger partial charge on any atom is -0.496 e. The topological polar surface area (TPSA) is 112 Å². The molecule has 0 saturated carbocycles. The quantitative estimate of drug-likeness (QED) is 0.273. The molecule has 0 aliphatic rings. The highest BCUT2D eigenvalue weighted by molar-refractivity contribution is 6.04. The number of amides is 1. The highest BCUT2D eigenvalue weighted by Gasteiger charge is 2.23. The Kier molecular flexibility index (Phi) is 7.39. The van der Waals surface area contributed by atoms with Crippen LogP contribution in [-0.4, -0.2) is 46.1 Å². The molecule has 0 saturated heterocycles. The summed E-state index contributed by atoms with van der Waals surface area (Å²) in [6, 6.07) is 16.5. The van der Waals surface area contributed by atoms with Gasteiger partial charge in [0.1, 0.15) is 11.3 Å². The molecule has 0 unspecified atom stereocenters. The zero-order valence-corrected chi connectivity index (χ0v) is 20.3. The number of hydrogen-bond acceptors (Lipinski definition) is 7. The van der Waals surface area contributed by atoms with Gasteiger partial charge in [-0.15, -0.1) is 0 Å². The number of methoxy groups -OCH3 is 1. The predicted octanol–water partition coefficient (Wildman–Crippen LogP) is 4.52. The fourth-order valence-electron chi connectivity index (χ4n) is 3.77. The van der Waals surface area contributed by atoms with E-state index in [0.29, 0.717) is 17.1 Å². The average Bonchev–Trinajstić information content (AvgIpc) is 3.30. The number of carbonyl (C=O) groups excluding carboxylic acids is 3. The number of ketones is 1. The van der Waals surface area contributed by atoms with E-state index in [1.54, 1.807) is 25.1 Å². The summed E-state index contributed by atoms with van der Waals surface area (Å²) >= 11 is 0. The molecular formula is C27H26N4O5. The van der Waals surface area contributed by atoms with Crippen molar-refractivity contribution in [1.29, 1.82) is 0 Å². The molecule has 36 heavy (non-hydrogen) atoms. The lowest BCUT2D eigenvalue weighted by Crippen LogP contribution is -2.19. The number of nitrogens with zero attached hydrogens (tertiary/aromatic N) is 3. The molecular weight excluding hydrogens is 460 g/mol. The Balaban J connectivity index is 1.58. The van der Waals surface area contributed by atoms with Gasteiger partial charge in [0.2, 0.25) is 5.91 Å². The number of carbonyl (C=O) groups is 3. The smallest absolute Gasteiger partial charge is 0.343 e. The summed E-state index contributed by atoms with van der Waals surface area (Å²) in [5.74, 6) is -0.303. The third kappa shape index (κ3) is 5.25. The highest BCUT2D eigenvalue weighted by atomic mass is 16.5. The van der Waals surface area contributed by atoms with Gasteiger partial charge < -0.3 is 14.8 Å². The van der Waals surface area contributed by atoms with E-state index in [9.17, 15) is 14.4 Å². The monoisotopic (exact) mass is 486 g/mol. The summed E-state index contributed by atoms with van der Waals surface area (Å²) < 4.78 is 11.8. The molecule has 0 fully saturated rings. The number of ether oxygens (including phenoxy) is 2. The van der Waals surface area contributed by atoms with Crippen molar-refractivity contribution in [3.8, 4) is 11.6 Å². The molecule has 2 heterocycles. The maximum Gasteiger partial charge on any atom is 0.343 e. The summed E-state index contributed by atoms with van der Waals surface area (Å²) in [5.41, 5.74) is 2.15. The van der Waals surface area contributed by atoms with E-state index in [1.165, 1.54) is 18.0 Å². The number of esters is 1. The van der Waals surface area contributed by atoms with Crippen molar-refractivity contribution in [3.05, 3.63) is 77.5 Å². The second-order valence-corrected chi connectivity index (χ2v) is 8.08. The second-order valence-electron chi connectivity index (χ2n) is 8.08. The molecule has 0 atom stereocenters. The van der Waals surface area contributed by atoms with Gasteiger partial charge in [-0.25, -0.2) is 9.78 Å². The highest BCUT2D eigenvalue weighted by Crippen LogP contribution is 2.24. The maximum atomic E-state index is 12.9. The summed E-state index contributed by atoms with van der Waals surface area (Å²) in [6.45, 7) is 3.73. The summed E-state index contributed by atoms with van der Waals surface area (Å²) in [5, 5.41) is 7.95. The van der Waals surface area contributed by atoms with Crippen molar-refractivity contribution in [3.63, 3.8) is 0 Å². The molecule has 9 heteroatoms. The van der Waals surface area contributed by atoms with Gasteiger partial charge in [-0.05, 0) is 44.2 Å². The Morgan fingerprint density at radius 2 is 1.81 bits per heavy atom. The van der Waals surface area contributed by atoms with Gasteiger partial charge in [0.15, 0.2) is 17.4 Å². The van der Waals surface area contributed by atoms with Crippen molar-refractivity contribution in [2.45, 2.75) is 26.7 Å². The van der Waals surface area contributed by atoms with E-state index in [-0.39, 0.29) is 36.6 Å². The summed E-state index contributed by atoms with van der Waals surface area (Å²) in [7, 11) is 1.49. The third-order valence-corrected chi connectivity index (χ3v) is 5.56. The number of benzene rings is 2. The van der Waals surface area contributed by atoms with E-state index < -0.39 is 11.9 Å². The zero-order chi connectivity index (χ0) is 25.7. The number of para-hydroxylation sites is 1. The van der Waals surface area contributed by atoms with Crippen LogP contribution in [0.5, 0.6) is 5.75 Å². The molecule has 0 radical (unpaired) electrons. The first-order valence-corrected chi connectivity index (χ1v) is 11.5. The maximum absolute atomic E-state index is 12.9. The van der Waals surface area contributed by atoms with Crippen LogP contribution in [0.2, 0.25) is 0 Å². The van der Waals surface area contributed by atoms with E-state index >= 15 is 0 Å². The number of hydrogen-bond donors (Lipinski definition) is 1. The van der Waals surface area contributed by atoms with Crippen molar-refractivity contribution < 1.29 is 23.9 Å². The molecule has 184 valence electrons. The van der Waals surface area contributed by atoms with Crippen molar-refractivity contribution in [2.75, 3.05) is 19.0 Å². The molecule has 1 amide bonds. The van der Waals surface area contributed by atoms with Crippen LogP contribution in [0.1, 0.15) is 46.0 Å². The Hall–Kier alpha value is -4.53. The van der Waals surface area contributed by atoms with Crippen LogP contribution in [0, 0.1) is 6.92 Å². The van der Waals surface area contributed by atoms with Gasteiger partial charge in [0.05, 0.1) is 31.0 Å². The van der Waals surface area contributed by atoms with Gasteiger partial charge >= 0.3 is 5.97 Å². The third-order valence-electron chi connectivity index (χ3n) is 5.56.